The Hall–Kier alpha value is -0.320. The number of allylic oxidation sites excluding steroid dienone is 2. The summed E-state index contributed by atoms with van der Waals surface area (Å²) < 4.78 is 0.760. The van der Waals surface area contributed by atoms with E-state index in [0.717, 1.165) is 15.9 Å². The van der Waals surface area contributed by atoms with Crippen LogP contribution in [0.5, 0.6) is 0 Å². The molecule has 0 bridgehead atoms. The van der Waals surface area contributed by atoms with Gasteiger partial charge in [-0.05, 0) is 40.0 Å². The quantitative estimate of drug-likeness (QED) is 0.320. The summed E-state index contributed by atoms with van der Waals surface area (Å²) in [6.45, 7) is 8.69. The number of hydrogen-bond donors (Lipinski definition) is 1. The van der Waals surface area contributed by atoms with Gasteiger partial charge in [0, 0.05) is 16.0 Å². The molecule has 0 saturated heterocycles. The first-order valence-electron chi connectivity index (χ1n) is 6.22. The normalized spacial score (nSPS) is 14.6. The van der Waals surface area contributed by atoms with E-state index in [1.165, 1.54) is 18.4 Å². The van der Waals surface area contributed by atoms with Crippen molar-refractivity contribution in [2.24, 2.45) is 0 Å². The fraction of sp³-hybridized carbons (Fsp3) is 0.643. The summed E-state index contributed by atoms with van der Waals surface area (Å²) in [6.07, 6.45) is 7.51. The van der Waals surface area contributed by atoms with Gasteiger partial charge in [0.25, 0.3) is 0 Å². The first kappa shape index (κ1) is 16.7. The Morgan fingerprint density at radius 1 is 1.41 bits per heavy atom. The molecule has 0 fully saturated rings. The molecule has 1 amide bonds. The molecule has 0 aromatic heterocycles. The van der Waals surface area contributed by atoms with Crippen LogP contribution in [-0.4, -0.2) is 16.4 Å². The molecule has 0 aliphatic rings. The molecule has 0 aromatic rings. The maximum Gasteiger partial charge on any atom is 0.246 e. The minimum absolute atomic E-state index is 0.0249. The lowest BCUT2D eigenvalue weighted by atomic mass is 10.1. The number of amides is 1. The van der Waals surface area contributed by atoms with Crippen molar-refractivity contribution in [1.29, 1.82) is 0 Å². The van der Waals surface area contributed by atoms with Crippen molar-refractivity contribution in [2.75, 3.05) is 6.54 Å². The SMILES string of the molecule is C/C=C(\C)C(=O)NC/C=C(\C)CCC(I)CC. The van der Waals surface area contributed by atoms with Crippen LogP contribution < -0.4 is 5.32 Å². The molecule has 0 aliphatic carbocycles. The van der Waals surface area contributed by atoms with E-state index < -0.39 is 0 Å². The fourth-order valence-electron chi connectivity index (χ4n) is 1.28. The Bertz CT molecular complexity index is 295. The van der Waals surface area contributed by atoms with E-state index in [-0.39, 0.29) is 5.91 Å². The van der Waals surface area contributed by atoms with E-state index in [4.69, 9.17) is 0 Å². The van der Waals surface area contributed by atoms with Crippen LogP contribution in [0, 0.1) is 0 Å². The largest absolute Gasteiger partial charge is 0.349 e. The van der Waals surface area contributed by atoms with Gasteiger partial charge < -0.3 is 5.32 Å². The van der Waals surface area contributed by atoms with Gasteiger partial charge in [-0.2, -0.15) is 0 Å². The number of rotatable bonds is 7. The maximum absolute atomic E-state index is 11.5. The van der Waals surface area contributed by atoms with Gasteiger partial charge in [0.1, 0.15) is 0 Å². The minimum Gasteiger partial charge on any atom is -0.349 e. The Kier molecular flexibility index (Phi) is 9.50. The van der Waals surface area contributed by atoms with E-state index in [1.807, 2.05) is 19.9 Å². The first-order valence-corrected chi connectivity index (χ1v) is 7.46. The predicted molar refractivity (Wildman–Crippen MR) is 83.5 cm³/mol. The molecule has 17 heavy (non-hydrogen) atoms. The lowest BCUT2D eigenvalue weighted by molar-refractivity contribution is -0.117. The summed E-state index contributed by atoms with van der Waals surface area (Å²) in [5.74, 6) is 0.0249. The van der Waals surface area contributed by atoms with Gasteiger partial charge in [0.05, 0.1) is 0 Å². The predicted octanol–water partition coefficient (Wildman–Crippen LogP) is 4.01. The monoisotopic (exact) mass is 349 g/mol. The van der Waals surface area contributed by atoms with Crippen molar-refractivity contribution in [2.45, 2.75) is 50.9 Å². The van der Waals surface area contributed by atoms with Crippen molar-refractivity contribution in [1.82, 2.24) is 5.32 Å². The van der Waals surface area contributed by atoms with Gasteiger partial charge >= 0.3 is 0 Å². The molecular weight excluding hydrogens is 325 g/mol. The third-order valence-electron chi connectivity index (χ3n) is 2.80. The molecule has 0 spiro atoms. The second-order valence-corrected chi connectivity index (χ2v) is 6.04. The second-order valence-electron chi connectivity index (χ2n) is 4.28. The zero-order valence-corrected chi connectivity index (χ0v) is 13.5. The van der Waals surface area contributed by atoms with Crippen LogP contribution in [0.1, 0.15) is 47.0 Å². The summed E-state index contributed by atoms with van der Waals surface area (Å²) in [5.41, 5.74) is 2.13. The Morgan fingerprint density at radius 3 is 2.59 bits per heavy atom. The topological polar surface area (TPSA) is 29.1 Å². The maximum atomic E-state index is 11.5. The molecule has 0 saturated carbocycles. The summed E-state index contributed by atoms with van der Waals surface area (Å²) in [7, 11) is 0. The zero-order valence-electron chi connectivity index (χ0n) is 11.3. The average molecular weight is 349 g/mol. The molecule has 0 rings (SSSR count). The van der Waals surface area contributed by atoms with Crippen LogP contribution in [0.4, 0.5) is 0 Å². The first-order chi connectivity index (χ1) is 8.01. The molecule has 0 heterocycles. The average Bonchev–Trinajstić information content (AvgIpc) is 2.34. The number of nitrogens with one attached hydrogen (secondary N) is 1. The summed E-state index contributed by atoms with van der Waals surface area (Å²) in [4.78, 5) is 11.5. The molecule has 98 valence electrons. The Morgan fingerprint density at radius 2 is 2.06 bits per heavy atom. The summed E-state index contributed by atoms with van der Waals surface area (Å²) in [5, 5.41) is 2.88. The van der Waals surface area contributed by atoms with Gasteiger partial charge in [-0.25, -0.2) is 0 Å². The minimum atomic E-state index is 0.0249. The second kappa shape index (κ2) is 9.68. The molecule has 1 atom stereocenters. The molecule has 1 unspecified atom stereocenters. The smallest absolute Gasteiger partial charge is 0.246 e. The highest BCUT2D eigenvalue weighted by Gasteiger charge is 2.02. The Labute approximate surface area is 119 Å². The highest BCUT2D eigenvalue weighted by atomic mass is 127. The third-order valence-corrected chi connectivity index (χ3v) is 4.30. The third kappa shape index (κ3) is 8.41. The highest BCUT2D eigenvalue weighted by Crippen LogP contribution is 2.15. The number of carbonyl (C=O) groups excluding carboxylic acids is 1. The van der Waals surface area contributed by atoms with Crippen molar-refractivity contribution < 1.29 is 4.79 Å². The molecule has 0 aromatic carbocycles. The van der Waals surface area contributed by atoms with Crippen LogP contribution in [0.2, 0.25) is 0 Å². The van der Waals surface area contributed by atoms with Gasteiger partial charge in [-0.15, -0.1) is 0 Å². The van der Waals surface area contributed by atoms with Crippen molar-refractivity contribution in [3.63, 3.8) is 0 Å². The molecular formula is C14H24INO. The summed E-state index contributed by atoms with van der Waals surface area (Å²) in [6, 6.07) is 0. The van der Waals surface area contributed by atoms with E-state index in [0.29, 0.717) is 6.54 Å². The molecule has 0 aliphatic heterocycles. The fourth-order valence-corrected chi connectivity index (χ4v) is 1.59. The summed E-state index contributed by atoms with van der Waals surface area (Å²) >= 11 is 2.50. The van der Waals surface area contributed by atoms with Crippen molar-refractivity contribution >= 4 is 28.5 Å². The van der Waals surface area contributed by atoms with E-state index in [9.17, 15) is 4.79 Å². The lowest BCUT2D eigenvalue weighted by Gasteiger charge is -2.07. The van der Waals surface area contributed by atoms with Crippen LogP contribution in [0.25, 0.3) is 0 Å². The van der Waals surface area contributed by atoms with Gasteiger partial charge in [-0.1, -0.05) is 47.2 Å². The van der Waals surface area contributed by atoms with Gasteiger partial charge in [-0.3, -0.25) is 4.79 Å². The van der Waals surface area contributed by atoms with Gasteiger partial charge in [0.15, 0.2) is 0 Å². The van der Waals surface area contributed by atoms with Crippen molar-refractivity contribution in [3.8, 4) is 0 Å². The van der Waals surface area contributed by atoms with Crippen LogP contribution in [0.15, 0.2) is 23.3 Å². The van der Waals surface area contributed by atoms with Crippen LogP contribution >= 0.6 is 22.6 Å². The van der Waals surface area contributed by atoms with E-state index in [1.54, 1.807) is 0 Å². The van der Waals surface area contributed by atoms with Crippen LogP contribution in [0.3, 0.4) is 0 Å². The molecule has 0 radical (unpaired) electrons. The zero-order chi connectivity index (χ0) is 13.3. The number of hydrogen-bond acceptors (Lipinski definition) is 1. The number of alkyl halides is 1. The molecule has 3 heteroatoms. The lowest BCUT2D eigenvalue weighted by Crippen LogP contribution is -2.24. The van der Waals surface area contributed by atoms with Gasteiger partial charge in [0.2, 0.25) is 5.91 Å². The molecule has 2 nitrogen and oxygen atoms in total. The van der Waals surface area contributed by atoms with E-state index >= 15 is 0 Å². The Balaban J connectivity index is 3.88. The standard InChI is InChI=1S/C14H24INO/c1-5-12(4)14(17)16-10-9-11(3)7-8-13(15)6-2/h5,9,13H,6-8,10H2,1-4H3,(H,16,17)/b11-9+,12-5+. The highest BCUT2D eigenvalue weighted by molar-refractivity contribution is 14.1. The van der Waals surface area contributed by atoms with E-state index in [2.05, 4.69) is 47.8 Å². The molecule has 1 N–H and O–H groups in total. The van der Waals surface area contributed by atoms with Crippen LogP contribution in [-0.2, 0) is 4.79 Å². The number of carbonyl (C=O) groups is 1. The van der Waals surface area contributed by atoms with Crippen molar-refractivity contribution in [3.05, 3.63) is 23.3 Å². The number of halogens is 1.